The fourth-order valence-electron chi connectivity index (χ4n) is 2.92. The highest BCUT2D eigenvalue weighted by Crippen LogP contribution is 2.21. The summed E-state index contributed by atoms with van der Waals surface area (Å²) < 4.78 is 7.10. The zero-order valence-corrected chi connectivity index (χ0v) is 16.2. The Morgan fingerprint density at radius 1 is 1.11 bits per heavy atom. The van der Waals surface area contributed by atoms with Gasteiger partial charge in [0.25, 0.3) is 5.91 Å². The quantitative estimate of drug-likeness (QED) is 0.660. The monoisotopic (exact) mass is 377 g/mol. The van der Waals surface area contributed by atoms with Crippen LogP contribution in [0.5, 0.6) is 0 Å². The molecule has 1 aromatic heterocycles. The van der Waals surface area contributed by atoms with Crippen LogP contribution < -0.4 is 5.32 Å². The summed E-state index contributed by atoms with van der Waals surface area (Å²) in [7, 11) is 0. The standard InChI is InChI=1S/C22H23N3O3/c1-4-28-22(27)19-6-5-7-20(15(19)2)24-21(26)18-10-8-17(9-11-18)14-25-13-12-23-16(25)3/h5-13H,4,14H2,1-3H3,(H,24,26). The van der Waals surface area contributed by atoms with Gasteiger partial charge in [-0.3, -0.25) is 4.79 Å². The number of hydrogen-bond donors (Lipinski definition) is 1. The molecule has 3 aromatic rings. The number of hydrogen-bond acceptors (Lipinski definition) is 4. The Bertz CT molecular complexity index is 991. The number of nitrogens with zero attached hydrogens (tertiary/aromatic N) is 2. The van der Waals surface area contributed by atoms with Crippen molar-refractivity contribution in [3.63, 3.8) is 0 Å². The van der Waals surface area contributed by atoms with Crippen LogP contribution in [0.1, 0.15) is 44.6 Å². The third kappa shape index (κ3) is 4.28. The lowest BCUT2D eigenvalue weighted by atomic mass is 10.1. The highest BCUT2D eigenvalue weighted by atomic mass is 16.5. The van der Waals surface area contributed by atoms with E-state index in [1.54, 1.807) is 50.4 Å². The van der Waals surface area contributed by atoms with Crippen molar-refractivity contribution >= 4 is 17.6 Å². The summed E-state index contributed by atoms with van der Waals surface area (Å²) in [4.78, 5) is 28.8. The lowest BCUT2D eigenvalue weighted by molar-refractivity contribution is 0.0525. The first kappa shape index (κ1) is 19.4. The van der Waals surface area contributed by atoms with Gasteiger partial charge in [0.15, 0.2) is 0 Å². The zero-order valence-electron chi connectivity index (χ0n) is 16.2. The average molecular weight is 377 g/mol. The van der Waals surface area contributed by atoms with Crippen LogP contribution in [-0.4, -0.2) is 28.0 Å². The molecule has 144 valence electrons. The molecule has 1 amide bonds. The molecular weight excluding hydrogens is 354 g/mol. The molecule has 28 heavy (non-hydrogen) atoms. The van der Waals surface area contributed by atoms with Crippen molar-refractivity contribution in [2.24, 2.45) is 0 Å². The molecule has 3 rings (SSSR count). The minimum absolute atomic E-state index is 0.227. The lowest BCUT2D eigenvalue weighted by Crippen LogP contribution is -2.15. The molecule has 0 spiro atoms. The number of carbonyl (C=O) groups excluding carboxylic acids is 2. The summed E-state index contributed by atoms with van der Waals surface area (Å²) in [6.45, 7) is 6.51. The van der Waals surface area contributed by atoms with Gasteiger partial charge in [-0.25, -0.2) is 9.78 Å². The second kappa shape index (κ2) is 8.52. The zero-order chi connectivity index (χ0) is 20.1. The summed E-state index contributed by atoms with van der Waals surface area (Å²) >= 11 is 0. The molecule has 0 radical (unpaired) electrons. The maximum Gasteiger partial charge on any atom is 0.338 e. The first-order valence-corrected chi connectivity index (χ1v) is 9.14. The van der Waals surface area contributed by atoms with E-state index in [-0.39, 0.29) is 5.91 Å². The predicted molar refractivity (Wildman–Crippen MR) is 108 cm³/mol. The number of nitrogens with one attached hydrogen (secondary N) is 1. The first-order valence-electron chi connectivity index (χ1n) is 9.14. The van der Waals surface area contributed by atoms with Gasteiger partial charge in [0.05, 0.1) is 12.2 Å². The molecule has 6 heteroatoms. The summed E-state index contributed by atoms with van der Waals surface area (Å²) in [6, 6.07) is 12.6. The van der Waals surface area contributed by atoms with Crippen LogP contribution in [-0.2, 0) is 11.3 Å². The fourth-order valence-corrected chi connectivity index (χ4v) is 2.92. The molecule has 0 bridgehead atoms. The molecule has 6 nitrogen and oxygen atoms in total. The largest absolute Gasteiger partial charge is 0.462 e. The normalized spacial score (nSPS) is 10.5. The maximum absolute atomic E-state index is 12.6. The molecule has 1 N–H and O–H groups in total. The Morgan fingerprint density at radius 2 is 1.86 bits per heavy atom. The van der Waals surface area contributed by atoms with Crippen LogP contribution in [0.4, 0.5) is 5.69 Å². The summed E-state index contributed by atoms with van der Waals surface area (Å²) in [5.74, 6) is 0.323. The van der Waals surface area contributed by atoms with Crippen molar-refractivity contribution < 1.29 is 14.3 Å². The molecule has 0 aliphatic carbocycles. The number of imidazole rings is 1. The Morgan fingerprint density at radius 3 is 2.50 bits per heavy atom. The van der Waals surface area contributed by atoms with E-state index in [1.807, 2.05) is 29.8 Å². The van der Waals surface area contributed by atoms with Crippen molar-refractivity contribution in [3.8, 4) is 0 Å². The van der Waals surface area contributed by atoms with E-state index in [2.05, 4.69) is 10.3 Å². The van der Waals surface area contributed by atoms with Crippen LogP contribution in [0.3, 0.4) is 0 Å². The van der Waals surface area contributed by atoms with Crippen molar-refractivity contribution in [1.29, 1.82) is 0 Å². The number of amides is 1. The molecule has 0 atom stereocenters. The maximum atomic E-state index is 12.6. The predicted octanol–water partition coefficient (Wildman–Crippen LogP) is 3.98. The number of anilines is 1. The van der Waals surface area contributed by atoms with Gasteiger partial charge >= 0.3 is 5.97 Å². The summed E-state index contributed by atoms with van der Waals surface area (Å²) in [5.41, 5.74) is 3.35. The van der Waals surface area contributed by atoms with E-state index in [4.69, 9.17) is 4.74 Å². The van der Waals surface area contributed by atoms with Crippen LogP contribution in [0.2, 0.25) is 0 Å². The number of carbonyl (C=O) groups is 2. The van der Waals surface area contributed by atoms with E-state index in [0.717, 1.165) is 11.4 Å². The second-order valence-corrected chi connectivity index (χ2v) is 6.45. The highest BCUT2D eigenvalue weighted by Gasteiger charge is 2.14. The van der Waals surface area contributed by atoms with E-state index < -0.39 is 5.97 Å². The van der Waals surface area contributed by atoms with Crippen molar-refractivity contribution in [2.75, 3.05) is 11.9 Å². The number of esters is 1. The molecule has 0 saturated heterocycles. The minimum Gasteiger partial charge on any atom is -0.462 e. The van der Waals surface area contributed by atoms with Gasteiger partial charge in [0.1, 0.15) is 5.82 Å². The van der Waals surface area contributed by atoms with Crippen LogP contribution in [0.25, 0.3) is 0 Å². The number of rotatable bonds is 6. The molecule has 0 unspecified atom stereocenters. The van der Waals surface area contributed by atoms with E-state index in [0.29, 0.717) is 35.5 Å². The van der Waals surface area contributed by atoms with Gasteiger partial charge in [-0.1, -0.05) is 18.2 Å². The summed E-state index contributed by atoms with van der Waals surface area (Å²) in [6.07, 6.45) is 3.69. The third-order valence-electron chi connectivity index (χ3n) is 4.57. The molecule has 0 saturated carbocycles. The number of benzene rings is 2. The van der Waals surface area contributed by atoms with E-state index >= 15 is 0 Å². The average Bonchev–Trinajstić information content (AvgIpc) is 3.08. The van der Waals surface area contributed by atoms with Crippen LogP contribution in [0.15, 0.2) is 54.9 Å². The number of ether oxygens (including phenoxy) is 1. The van der Waals surface area contributed by atoms with Gasteiger partial charge in [-0.05, 0) is 56.2 Å². The smallest absolute Gasteiger partial charge is 0.338 e. The van der Waals surface area contributed by atoms with E-state index in [9.17, 15) is 9.59 Å². The van der Waals surface area contributed by atoms with Crippen LogP contribution >= 0.6 is 0 Å². The molecule has 2 aromatic carbocycles. The Hall–Kier alpha value is -3.41. The topological polar surface area (TPSA) is 73.2 Å². The van der Waals surface area contributed by atoms with Gasteiger partial charge in [-0.2, -0.15) is 0 Å². The third-order valence-corrected chi connectivity index (χ3v) is 4.57. The Labute approximate surface area is 164 Å². The van der Waals surface area contributed by atoms with E-state index in [1.165, 1.54) is 0 Å². The number of aryl methyl sites for hydroxylation is 1. The van der Waals surface area contributed by atoms with Gasteiger partial charge in [0.2, 0.25) is 0 Å². The van der Waals surface area contributed by atoms with Gasteiger partial charge < -0.3 is 14.6 Å². The number of aromatic nitrogens is 2. The first-order chi connectivity index (χ1) is 13.5. The van der Waals surface area contributed by atoms with Crippen molar-refractivity contribution in [1.82, 2.24) is 9.55 Å². The lowest BCUT2D eigenvalue weighted by Gasteiger charge is -2.12. The van der Waals surface area contributed by atoms with Crippen molar-refractivity contribution in [3.05, 3.63) is 82.9 Å². The minimum atomic E-state index is -0.393. The molecular formula is C22H23N3O3. The Kier molecular flexibility index (Phi) is 5.89. The molecule has 0 fully saturated rings. The fraction of sp³-hybridized carbons (Fsp3) is 0.227. The Balaban J connectivity index is 1.72. The van der Waals surface area contributed by atoms with Gasteiger partial charge in [-0.15, -0.1) is 0 Å². The van der Waals surface area contributed by atoms with Crippen LogP contribution in [0, 0.1) is 13.8 Å². The SMILES string of the molecule is CCOC(=O)c1cccc(NC(=O)c2ccc(Cn3ccnc3C)cc2)c1C. The van der Waals surface area contributed by atoms with Gasteiger partial charge in [0, 0.05) is 30.2 Å². The highest BCUT2D eigenvalue weighted by molar-refractivity contribution is 6.05. The van der Waals surface area contributed by atoms with Crippen molar-refractivity contribution in [2.45, 2.75) is 27.3 Å². The molecule has 0 aliphatic heterocycles. The summed E-state index contributed by atoms with van der Waals surface area (Å²) in [5, 5.41) is 2.88. The molecule has 1 heterocycles. The molecule has 0 aliphatic rings. The second-order valence-electron chi connectivity index (χ2n) is 6.45.